The monoisotopic (exact) mass is 405 g/mol. The van der Waals surface area contributed by atoms with E-state index in [1.807, 2.05) is 4.90 Å². The zero-order chi connectivity index (χ0) is 20.4. The topological polar surface area (TPSA) is 81.9 Å². The second kappa shape index (κ2) is 8.22. The summed E-state index contributed by atoms with van der Waals surface area (Å²) in [5.41, 5.74) is 1.64. The average molecular weight is 405 g/mol. The Morgan fingerprint density at radius 3 is 2.66 bits per heavy atom. The number of fused-ring (bicyclic) bond motifs is 1. The van der Waals surface area contributed by atoms with Crippen molar-refractivity contribution < 1.29 is 23.0 Å². The number of aliphatic hydroxyl groups excluding tert-OH is 1. The molecule has 2 heterocycles. The fraction of sp³-hybridized carbons (Fsp3) is 0.350. The zero-order valence-electron chi connectivity index (χ0n) is 15.6. The maximum Gasteiger partial charge on any atom is 0.417 e. The number of benzene rings is 2. The van der Waals surface area contributed by atoms with Crippen molar-refractivity contribution in [2.24, 2.45) is 0 Å². The first-order valence-electron chi connectivity index (χ1n) is 9.34. The van der Waals surface area contributed by atoms with E-state index in [0.29, 0.717) is 55.3 Å². The first-order chi connectivity index (χ1) is 14.0. The summed E-state index contributed by atoms with van der Waals surface area (Å²) in [5.74, 6) is -1.73. The summed E-state index contributed by atoms with van der Waals surface area (Å²) in [5, 5.41) is 10.3. The normalized spacial score (nSPS) is 16.3. The smallest absolute Gasteiger partial charge is 0.417 e. The number of anilines is 1. The van der Waals surface area contributed by atoms with Crippen LogP contribution in [0, 0.1) is 11.6 Å². The van der Waals surface area contributed by atoms with Crippen molar-refractivity contribution in [2.45, 2.75) is 6.10 Å². The second-order valence-electron chi connectivity index (χ2n) is 7.02. The first kappa shape index (κ1) is 19.4. The second-order valence-corrected chi connectivity index (χ2v) is 7.02. The van der Waals surface area contributed by atoms with Gasteiger partial charge in [0.1, 0.15) is 18.5 Å². The summed E-state index contributed by atoms with van der Waals surface area (Å²) in [6.45, 7) is 3.23. The van der Waals surface area contributed by atoms with Crippen LogP contribution in [0.25, 0.3) is 11.1 Å². The third-order valence-corrected chi connectivity index (χ3v) is 4.94. The van der Waals surface area contributed by atoms with Gasteiger partial charge < -0.3 is 19.2 Å². The highest BCUT2D eigenvalue weighted by Crippen LogP contribution is 2.20. The maximum atomic E-state index is 13.4. The Hall–Kier alpha value is -2.91. The molecule has 0 bridgehead atoms. The lowest BCUT2D eigenvalue weighted by Gasteiger charge is -2.36. The molecule has 1 aromatic heterocycles. The van der Waals surface area contributed by atoms with E-state index in [9.17, 15) is 18.7 Å². The number of aromatic nitrogens is 1. The number of aliphatic hydroxyl groups is 1. The van der Waals surface area contributed by atoms with Crippen molar-refractivity contribution in [3.63, 3.8) is 0 Å². The van der Waals surface area contributed by atoms with Gasteiger partial charge in [-0.15, -0.1) is 0 Å². The van der Waals surface area contributed by atoms with Crippen LogP contribution in [0.1, 0.15) is 0 Å². The van der Waals surface area contributed by atoms with Gasteiger partial charge in [-0.1, -0.05) is 0 Å². The van der Waals surface area contributed by atoms with Crippen molar-refractivity contribution in [3.05, 3.63) is 58.6 Å². The van der Waals surface area contributed by atoms with E-state index >= 15 is 0 Å². The molecule has 1 saturated heterocycles. The standard InChI is InChI=1S/C20H21F2N3O4/c21-16-3-1-13(9-17(16)22)25-7-5-24(6-8-25)11-14(26)12-28-15-2-4-18-19(10-15)29-20(27)23-18/h1-4,9-10,14,26H,5-8,11-12H2,(H,23,27)/t14-/m1/s1. The van der Waals surface area contributed by atoms with Crippen LogP contribution in [0.3, 0.4) is 0 Å². The fourth-order valence-electron chi connectivity index (χ4n) is 3.43. The molecule has 0 amide bonds. The molecule has 0 spiro atoms. The molecular formula is C20H21F2N3O4. The molecule has 1 aliphatic heterocycles. The number of oxazole rings is 1. The molecule has 154 valence electrons. The molecule has 0 radical (unpaired) electrons. The molecule has 29 heavy (non-hydrogen) atoms. The number of nitrogens with zero attached hydrogens (tertiary/aromatic N) is 2. The number of β-amino-alcohol motifs (C(OH)–C–C–N with tert-alkyl or cyclic N) is 1. The summed E-state index contributed by atoms with van der Waals surface area (Å²) in [6.07, 6.45) is -0.696. The molecular weight excluding hydrogens is 384 g/mol. The van der Waals surface area contributed by atoms with Gasteiger partial charge in [0.15, 0.2) is 17.2 Å². The summed E-state index contributed by atoms with van der Waals surface area (Å²) in [7, 11) is 0. The van der Waals surface area contributed by atoms with E-state index in [2.05, 4.69) is 9.88 Å². The van der Waals surface area contributed by atoms with E-state index in [0.717, 1.165) is 6.07 Å². The number of hydrogen-bond donors (Lipinski definition) is 2. The van der Waals surface area contributed by atoms with Crippen LogP contribution in [-0.2, 0) is 0 Å². The van der Waals surface area contributed by atoms with Gasteiger partial charge in [-0.05, 0) is 24.3 Å². The van der Waals surface area contributed by atoms with Crippen LogP contribution in [0.4, 0.5) is 14.5 Å². The molecule has 9 heteroatoms. The molecule has 2 N–H and O–H groups in total. The highest BCUT2D eigenvalue weighted by molar-refractivity contribution is 5.73. The van der Waals surface area contributed by atoms with Crippen molar-refractivity contribution in [1.29, 1.82) is 0 Å². The number of rotatable bonds is 6. The van der Waals surface area contributed by atoms with E-state index in [1.165, 1.54) is 6.07 Å². The summed E-state index contributed by atoms with van der Waals surface area (Å²) < 4.78 is 37.1. The van der Waals surface area contributed by atoms with E-state index in [1.54, 1.807) is 24.3 Å². The Balaban J connectivity index is 1.25. The van der Waals surface area contributed by atoms with Gasteiger partial charge in [-0.25, -0.2) is 13.6 Å². The van der Waals surface area contributed by atoms with Crippen LogP contribution in [0.5, 0.6) is 5.75 Å². The molecule has 3 aromatic rings. The number of halogens is 2. The van der Waals surface area contributed by atoms with E-state index in [4.69, 9.17) is 9.15 Å². The number of piperazine rings is 1. The summed E-state index contributed by atoms with van der Waals surface area (Å²) in [4.78, 5) is 17.8. The molecule has 1 fully saturated rings. The molecule has 2 aromatic carbocycles. The van der Waals surface area contributed by atoms with Crippen LogP contribution in [0.15, 0.2) is 45.6 Å². The van der Waals surface area contributed by atoms with Gasteiger partial charge in [0.2, 0.25) is 0 Å². The molecule has 7 nitrogen and oxygen atoms in total. The lowest BCUT2D eigenvalue weighted by Crippen LogP contribution is -2.49. The summed E-state index contributed by atoms with van der Waals surface area (Å²) in [6, 6.07) is 8.88. The molecule has 1 aliphatic rings. The number of hydrogen-bond acceptors (Lipinski definition) is 6. The van der Waals surface area contributed by atoms with Gasteiger partial charge in [-0.2, -0.15) is 0 Å². The molecule has 4 rings (SSSR count). The highest BCUT2D eigenvalue weighted by Gasteiger charge is 2.20. The predicted octanol–water partition coefficient (Wildman–Crippen LogP) is 1.96. The summed E-state index contributed by atoms with van der Waals surface area (Å²) >= 11 is 0. The number of nitrogens with one attached hydrogen (secondary N) is 1. The molecule has 1 atom stereocenters. The van der Waals surface area contributed by atoms with Crippen LogP contribution in [0.2, 0.25) is 0 Å². The Morgan fingerprint density at radius 1 is 1.10 bits per heavy atom. The number of ether oxygens (including phenoxy) is 1. The Labute approximate surface area is 165 Å². The van der Waals surface area contributed by atoms with E-state index < -0.39 is 23.5 Å². The van der Waals surface area contributed by atoms with Gasteiger partial charge in [0, 0.05) is 50.5 Å². The molecule has 0 aliphatic carbocycles. The van der Waals surface area contributed by atoms with Crippen LogP contribution in [-0.4, -0.2) is 60.4 Å². The SMILES string of the molecule is O=c1[nH]c2ccc(OC[C@H](O)CN3CCN(c4ccc(F)c(F)c4)CC3)cc2o1. The molecule has 0 unspecified atom stereocenters. The van der Waals surface area contributed by atoms with Crippen molar-refractivity contribution >= 4 is 16.8 Å². The highest BCUT2D eigenvalue weighted by atomic mass is 19.2. The minimum atomic E-state index is -0.853. The quantitative estimate of drug-likeness (QED) is 0.653. The third kappa shape index (κ3) is 4.57. The van der Waals surface area contributed by atoms with Crippen molar-refractivity contribution in [2.75, 3.05) is 44.2 Å². The van der Waals surface area contributed by atoms with Gasteiger partial charge in [0.25, 0.3) is 0 Å². The van der Waals surface area contributed by atoms with Gasteiger partial charge in [-0.3, -0.25) is 9.88 Å². The minimum absolute atomic E-state index is 0.101. The zero-order valence-corrected chi connectivity index (χ0v) is 15.6. The average Bonchev–Trinajstić information content (AvgIpc) is 3.08. The number of H-pyrrole nitrogens is 1. The molecule has 0 saturated carbocycles. The predicted molar refractivity (Wildman–Crippen MR) is 103 cm³/mol. The largest absolute Gasteiger partial charge is 0.491 e. The van der Waals surface area contributed by atoms with Gasteiger partial charge >= 0.3 is 5.76 Å². The van der Waals surface area contributed by atoms with E-state index in [-0.39, 0.29) is 6.61 Å². The van der Waals surface area contributed by atoms with Crippen LogP contribution >= 0.6 is 0 Å². The Kier molecular flexibility index (Phi) is 5.50. The minimum Gasteiger partial charge on any atom is -0.491 e. The maximum absolute atomic E-state index is 13.4. The van der Waals surface area contributed by atoms with Crippen molar-refractivity contribution in [1.82, 2.24) is 9.88 Å². The van der Waals surface area contributed by atoms with Crippen LogP contribution < -0.4 is 15.4 Å². The first-order valence-corrected chi connectivity index (χ1v) is 9.34. The fourth-order valence-corrected chi connectivity index (χ4v) is 3.43. The Bertz CT molecular complexity index is 1040. The lowest BCUT2D eigenvalue weighted by molar-refractivity contribution is 0.0663. The van der Waals surface area contributed by atoms with Gasteiger partial charge in [0.05, 0.1) is 5.52 Å². The third-order valence-electron chi connectivity index (χ3n) is 4.94. The number of aromatic amines is 1. The van der Waals surface area contributed by atoms with Crippen molar-refractivity contribution in [3.8, 4) is 5.75 Å². The Morgan fingerprint density at radius 2 is 1.90 bits per heavy atom. The lowest BCUT2D eigenvalue weighted by atomic mass is 10.2.